The van der Waals surface area contributed by atoms with E-state index in [-0.39, 0.29) is 12.5 Å². The van der Waals surface area contributed by atoms with Gasteiger partial charge < -0.3 is 30.2 Å². The summed E-state index contributed by atoms with van der Waals surface area (Å²) in [6, 6.07) is 18.0. The Balaban J connectivity index is 1.10. The van der Waals surface area contributed by atoms with Crippen molar-refractivity contribution in [2.75, 3.05) is 54.9 Å². The zero-order valence-corrected chi connectivity index (χ0v) is 21.2. The van der Waals surface area contributed by atoms with Gasteiger partial charge in [-0.15, -0.1) is 0 Å². The molecule has 3 heterocycles. The second-order valence-electron chi connectivity index (χ2n) is 8.97. The number of aryl methyl sites for hydroxylation is 1. The smallest absolute Gasteiger partial charge is 0.239 e. The molecule has 0 saturated carbocycles. The van der Waals surface area contributed by atoms with Crippen LogP contribution in [0.25, 0.3) is 11.3 Å². The number of morpholine rings is 1. The fourth-order valence-electron chi connectivity index (χ4n) is 4.20. The van der Waals surface area contributed by atoms with Crippen molar-refractivity contribution in [3.05, 3.63) is 79.5 Å². The van der Waals surface area contributed by atoms with E-state index in [0.717, 1.165) is 61.9 Å². The highest BCUT2D eigenvalue weighted by atomic mass is 16.5. The molecule has 10 heteroatoms. The zero-order valence-electron chi connectivity index (χ0n) is 21.2. The predicted octanol–water partition coefficient (Wildman–Crippen LogP) is 3.54. The van der Waals surface area contributed by atoms with Crippen molar-refractivity contribution in [1.82, 2.24) is 24.8 Å². The highest BCUT2D eigenvalue weighted by molar-refractivity contribution is 5.80. The summed E-state index contributed by atoms with van der Waals surface area (Å²) in [4.78, 5) is 27.5. The number of aromatic nitrogens is 4. The Kier molecular flexibility index (Phi) is 8.42. The first-order chi connectivity index (χ1) is 18.7. The number of benzene rings is 2. The van der Waals surface area contributed by atoms with E-state index in [1.165, 1.54) is 5.69 Å². The molecule has 5 rings (SSSR count). The molecule has 1 amide bonds. The van der Waals surface area contributed by atoms with E-state index in [2.05, 4.69) is 47.9 Å². The monoisotopic (exact) mass is 512 g/mol. The molecule has 0 radical (unpaired) electrons. The van der Waals surface area contributed by atoms with E-state index in [9.17, 15) is 4.79 Å². The number of hydrogen-bond donors (Lipinski definition) is 3. The highest BCUT2D eigenvalue weighted by Gasteiger charge is 2.11. The topological polar surface area (TPSA) is 109 Å². The molecule has 2 aromatic carbocycles. The van der Waals surface area contributed by atoms with Crippen LogP contribution in [0, 0.1) is 0 Å². The number of carbonyl (C=O) groups is 1. The van der Waals surface area contributed by atoms with Crippen molar-refractivity contribution in [1.29, 1.82) is 0 Å². The number of hydrogen-bond acceptors (Lipinski definition) is 8. The zero-order chi connectivity index (χ0) is 26.0. The summed E-state index contributed by atoms with van der Waals surface area (Å²) in [5, 5.41) is 9.39. The van der Waals surface area contributed by atoms with E-state index < -0.39 is 0 Å². The maximum Gasteiger partial charge on any atom is 0.239 e. The molecule has 38 heavy (non-hydrogen) atoms. The Labute approximate surface area is 222 Å². The molecule has 196 valence electrons. The van der Waals surface area contributed by atoms with Gasteiger partial charge in [0.25, 0.3) is 0 Å². The third kappa shape index (κ3) is 7.07. The molecule has 0 unspecified atom stereocenters. The maximum atomic E-state index is 12.1. The summed E-state index contributed by atoms with van der Waals surface area (Å²) in [6.45, 7) is 5.02. The molecule has 3 N–H and O–H groups in total. The molecule has 0 atom stereocenters. The summed E-state index contributed by atoms with van der Waals surface area (Å²) in [6.07, 6.45) is 8.04. The lowest BCUT2D eigenvalue weighted by molar-refractivity contribution is -0.119. The molecule has 10 nitrogen and oxygen atoms in total. The van der Waals surface area contributed by atoms with Crippen LogP contribution < -0.4 is 20.9 Å². The van der Waals surface area contributed by atoms with Gasteiger partial charge >= 0.3 is 0 Å². The second kappa shape index (κ2) is 12.7. The lowest BCUT2D eigenvalue weighted by Gasteiger charge is -2.28. The SMILES string of the molecule is O=C(CNc1ccc(-c2ccnc(Nc3ccc(N4CCOCC4)cc3)n2)cc1)NCCCn1ccnc1. The molecule has 0 bridgehead atoms. The van der Waals surface area contributed by atoms with Crippen molar-refractivity contribution >= 4 is 28.9 Å². The number of ether oxygens (including phenoxy) is 1. The molecular formula is C28H32N8O2. The quantitative estimate of drug-likeness (QED) is 0.262. The average Bonchev–Trinajstić information content (AvgIpc) is 3.49. The lowest BCUT2D eigenvalue weighted by atomic mass is 10.1. The van der Waals surface area contributed by atoms with E-state index in [4.69, 9.17) is 4.74 Å². The number of carbonyl (C=O) groups excluding carboxylic acids is 1. The summed E-state index contributed by atoms with van der Waals surface area (Å²) >= 11 is 0. The first kappa shape index (κ1) is 25.2. The van der Waals surface area contributed by atoms with Crippen molar-refractivity contribution in [3.63, 3.8) is 0 Å². The van der Waals surface area contributed by atoms with Crippen LogP contribution in [0.3, 0.4) is 0 Å². The molecular weight excluding hydrogens is 480 g/mol. The van der Waals surface area contributed by atoms with Gasteiger partial charge in [-0.05, 0) is 48.9 Å². The van der Waals surface area contributed by atoms with Gasteiger partial charge in [0.1, 0.15) is 0 Å². The second-order valence-corrected chi connectivity index (χ2v) is 8.97. The van der Waals surface area contributed by atoms with Crippen LogP contribution in [0.1, 0.15) is 6.42 Å². The number of anilines is 4. The Bertz CT molecular complexity index is 1290. The van der Waals surface area contributed by atoms with Crippen LogP contribution in [0.5, 0.6) is 0 Å². The number of amides is 1. The highest BCUT2D eigenvalue weighted by Crippen LogP contribution is 2.23. The van der Waals surface area contributed by atoms with Crippen LogP contribution in [0.15, 0.2) is 79.5 Å². The lowest BCUT2D eigenvalue weighted by Crippen LogP contribution is -2.36. The van der Waals surface area contributed by atoms with Crippen molar-refractivity contribution in [3.8, 4) is 11.3 Å². The van der Waals surface area contributed by atoms with Gasteiger partial charge in [-0.1, -0.05) is 12.1 Å². The van der Waals surface area contributed by atoms with E-state index >= 15 is 0 Å². The summed E-state index contributed by atoms with van der Waals surface area (Å²) in [5.41, 5.74) is 4.77. The van der Waals surface area contributed by atoms with E-state index in [1.807, 2.05) is 53.2 Å². The Morgan fingerprint density at radius 1 is 0.947 bits per heavy atom. The summed E-state index contributed by atoms with van der Waals surface area (Å²) in [7, 11) is 0. The fourth-order valence-corrected chi connectivity index (χ4v) is 4.20. The largest absolute Gasteiger partial charge is 0.378 e. The molecule has 1 aliphatic heterocycles. The average molecular weight is 513 g/mol. The minimum absolute atomic E-state index is 0.0378. The predicted molar refractivity (Wildman–Crippen MR) is 149 cm³/mol. The molecule has 1 fully saturated rings. The maximum absolute atomic E-state index is 12.1. The normalized spacial score (nSPS) is 13.2. The number of nitrogens with zero attached hydrogens (tertiary/aromatic N) is 5. The van der Waals surface area contributed by atoms with Gasteiger partial charge in [0.05, 0.1) is 31.8 Å². The van der Waals surface area contributed by atoms with Gasteiger partial charge in [-0.2, -0.15) is 0 Å². The first-order valence-corrected chi connectivity index (χ1v) is 12.8. The third-order valence-electron chi connectivity index (χ3n) is 6.26. The van der Waals surface area contributed by atoms with E-state index in [0.29, 0.717) is 12.5 Å². The standard InChI is InChI=1S/C28H32N8O2/c37-27(30-11-1-14-35-15-13-29-21-35)20-32-23-4-2-22(3-5-23)26-10-12-31-28(34-26)33-24-6-8-25(9-7-24)36-16-18-38-19-17-36/h2-10,12-13,15,21,32H,1,11,14,16-20H2,(H,30,37)(H,31,33,34). The van der Waals surface area contributed by atoms with Crippen LogP contribution in [0.2, 0.25) is 0 Å². The fraction of sp³-hybridized carbons (Fsp3) is 0.286. The van der Waals surface area contributed by atoms with Gasteiger partial charge in [-0.3, -0.25) is 4.79 Å². The van der Waals surface area contributed by atoms with Crippen LogP contribution in [-0.2, 0) is 16.1 Å². The molecule has 2 aromatic heterocycles. The minimum Gasteiger partial charge on any atom is -0.378 e. The van der Waals surface area contributed by atoms with Gasteiger partial charge in [0, 0.05) is 67.4 Å². The molecule has 0 spiro atoms. The third-order valence-corrected chi connectivity index (χ3v) is 6.26. The van der Waals surface area contributed by atoms with Gasteiger partial charge in [0.2, 0.25) is 11.9 Å². The van der Waals surface area contributed by atoms with Crippen molar-refractivity contribution in [2.24, 2.45) is 0 Å². The summed E-state index contributed by atoms with van der Waals surface area (Å²) in [5.74, 6) is 0.498. The van der Waals surface area contributed by atoms with Crippen LogP contribution in [-0.4, -0.2) is 64.8 Å². The Morgan fingerprint density at radius 2 is 1.74 bits per heavy atom. The molecule has 1 aliphatic rings. The van der Waals surface area contributed by atoms with Gasteiger partial charge in [-0.25, -0.2) is 15.0 Å². The van der Waals surface area contributed by atoms with Crippen molar-refractivity contribution < 1.29 is 9.53 Å². The van der Waals surface area contributed by atoms with Crippen LogP contribution in [0.4, 0.5) is 23.0 Å². The molecule has 1 saturated heterocycles. The molecule has 4 aromatic rings. The van der Waals surface area contributed by atoms with Crippen LogP contribution >= 0.6 is 0 Å². The molecule has 0 aliphatic carbocycles. The van der Waals surface area contributed by atoms with E-state index in [1.54, 1.807) is 18.7 Å². The number of rotatable bonds is 11. The minimum atomic E-state index is -0.0378. The number of nitrogens with one attached hydrogen (secondary N) is 3. The first-order valence-electron chi connectivity index (χ1n) is 12.8. The number of imidazole rings is 1. The Hall–Kier alpha value is -4.44. The van der Waals surface area contributed by atoms with Crippen molar-refractivity contribution in [2.45, 2.75) is 13.0 Å². The summed E-state index contributed by atoms with van der Waals surface area (Å²) < 4.78 is 7.43. The Morgan fingerprint density at radius 3 is 2.50 bits per heavy atom. The van der Waals surface area contributed by atoms with Gasteiger partial charge in [0.15, 0.2) is 0 Å².